The van der Waals surface area contributed by atoms with Gasteiger partial charge in [0.15, 0.2) is 11.6 Å². The number of para-hydroxylation sites is 2. The second-order valence-corrected chi connectivity index (χ2v) is 7.67. The molecule has 0 saturated carbocycles. The highest BCUT2D eigenvalue weighted by Gasteiger charge is 2.35. The maximum atomic E-state index is 13.0. The first-order chi connectivity index (χ1) is 13.7. The van der Waals surface area contributed by atoms with Crippen molar-refractivity contribution in [2.45, 2.75) is 25.8 Å². The number of aromatic amines is 1. The summed E-state index contributed by atoms with van der Waals surface area (Å²) in [5.41, 5.74) is 6.37. The number of nitrogens with zero attached hydrogens (tertiary/aromatic N) is 1. The second kappa shape index (κ2) is 5.55. The number of carbonyl (C=O) groups is 2. The summed E-state index contributed by atoms with van der Waals surface area (Å²) in [6.07, 6.45) is 6.05. The number of allylic oxidation sites excluding steroid dienone is 2. The largest absolute Gasteiger partial charge is 0.361 e. The number of ketones is 2. The molecule has 0 saturated heterocycles. The van der Waals surface area contributed by atoms with Crippen LogP contribution in [0.5, 0.6) is 0 Å². The van der Waals surface area contributed by atoms with E-state index in [0.717, 1.165) is 46.8 Å². The standard InChI is InChI=1S/C24H18N2O2/c27-20-11-21(28)23(22(20)17-12-25-19-9-2-1-7-15(17)19)18-13-26-10-4-6-14-5-3-8-16(18)24(14)26/h1-3,5,7-9,12-13,25H,4,6,10-11H2. The van der Waals surface area contributed by atoms with Crippen molar-refractivity contribution in [2.24, 2.45) is 0 Å². The van der Waals surface area contributed by atoms with Crippen LogP contribution in [0.25, 0.3) is 33.0 Å². The molecule has 0 amide bonds. The van der Waals surface area contributed by atoms with Crippen molar-refractivity contribution < 1.29 is 9.59 Å². The minimum Gasteiger partial charge on any atom is -0.361 e. The van der Waals surface area contributed by atoms with Gasteiger partial charge in [0.25, 0.3) is 0 Å². The van der Waals surface area contributed by atoms with Crippen LogP contribution in [0, 0.1) is 0 Å². The van der Waals surface area contributed by atoms with Gasteiger partial charge in [-0.05, 0) is 24.5 Å². The molecule has 3 heterocycles. The Morgan fingerprint density at radius 2 is 1.64 bits per heavy atom. The minimum atomic E-state index is -0.0864. The van der Waals surface area contributed by atoms with E-state index in [9.17, 15) is 9.59 Å². The summed E-state index contributed by atoms with van der Waals surface area (Å²) in [6, 6.07) is 14.2. The number of aryl methyl sites for hydroxylation is 2. The molecule has 1 aliphatic carbocycles. The fourth-order valence-electron chi connectivity index (χ4n) is 4.90. The number of hydrogen-bond donors (Lipinski definition) is 1. The van der Waals surface area contributed by atoms with Gasteiger partial charge in [-0.15, -0.1) is 0 Å². The van der Waals surface area contributed by atoms with Gasteiger partial charge in [0, 0.05) is 57.5 Å². The molecule has 0 atom stereocenters. The molecule has 0 radical (unpaired) electrons. The van der Waals surface area contributed by atoms with Crippen LogP contribution < -0.4 is 0 Å². The highest BCUT2D eigenvalue weighted by atomic mass is 16.2. The summed E-state index contributed by atoms with van der Waals surface area (Å²) in [7, 11) is 0. The molecule has 136 valence electrons. The highest BCUT2D eigenvalue weighted by molar-refractivity contribution is 6.52. The lowest BCUT2D eigenvalue weighted by molar-refractivity contribution is -0.119. The zero-order valence-corrected chi connectivity index (χ0v) is 15.3. The van der Waals surface area contributed by atoms with E-state index in [1.54, 1.807) is 0 Å². The maximum absolute atomic E-state index is 13.0. The van der Waals surface area contributed by atoms with Crippen molar-refractivity contribution in [2.75, 3.05) is 0 Å². The van der Waals surface area contributed by atoms with Gasteiger partial charge in [-0.3, -0.25) is 9.59 Å². The minimum absolute atomic E-state index is 0.0451. The first-order valence-corrected chi connectivity index (χ1v) is 9.70. The zero-order valence-electron chi connectivity index (χ0n) is 15.3. The van der Waals surface area contributed by atoms with Crippen LogP contribution in [0.4, 0.5) is 0 Å². The fourth-order valence-corrected chi connectivity index (χ4v) is 4.90. The van der Waals surface area contributed by atoms with Crippen LogP contribution in [0.1, 0.15) is 29.5 Å². The van der Waals surface area contributed by atoms with Crippen molar-refractivity contribution in [3.63, 3.8) is 0 Å². The normalized spacial score (nSPS) is 16.7. The van der Waals surface area contributed by atoms with Crippen LogP contribution in [-0.4, -0.2) is 21.1 Å². The molecule has 6 rings (SSSR count). The van der Waals surface area contributed by atoms with E-state index in [4.69, 9.17) is 0 Å². The lowest BCUT2D eigenvalue weighted by Crippen LogP contribution is -2.05. The van der Waals surface area contributed by atoms with Crippen molar-refractivity contribution in [3.05, 3.63) is 71.5 Å². The predicted octanol–water partition coefficient (Wildman–Crippen LogP) is 4.52. The molecule has 2 aliphatic rings. The first kappa shape index (κ1) is 15.6. The van der Waals surface area contributed by atoms with E-state index in [0.29, 0.717) is 11.1 Å². The van der Waals surface area contributed by atoms with Crippen molar-refractivity contribution in [1.82, 2.24) is 9.55 Å². The Balaban J connectivity index is 1.69. The quantitative estimate of drug-likeness (QED) is 0.530. The summed E-state index contributed by atoms with van der Waals surface area (Å²) in [5, 5.41) is 2.05. The molecule has 28 heavy (non-hydrogen) atoms. The molecule has 4 heteroatoms. The molecule has 0 fully saturated rings. The summed E-state index contributed by atoms with van der Waals surface area (Å²) in [6.45, 7) is 0.950. The molecule has 4 aromatic rings. The van der Waals surface area contributed by atoms with Crippen LogP contribution in [0.3, 0.4) is 0 Å². The number of carbonyl (C=O) groups excluding carboxylic acids is 2. The Morgan fingerprint density at radius 3 is 2.54 bits per heavy atom. The van der Waals surface area contributed by atoms with Crippen molar-refractivity contribution in [3.8, 4) is 0 Å². The molecule has 2 aromatic heterocycles. The molecule has 2 aromatic carbocycles. The average molecular weight is 366 g/mol. The van der Waals surface area contributed by atoms with Crippen LogP contribution in [0.2, 0.25) is 0 Å². The van der Waals surface area contributed by atoms with E-state index in [-0.39, 0.29) is 18.0 Å². The topological polar surface area (TPSA) is 54.9 Å². The summed E-state index contributed by atoms with van der Waals surface area (Å²) in [4.78, 5) is 29.1. The molecule has 4 nitrogen and oxygen atoms in total. The van der Waals surface area contributed by atoms with E-state index < -0.39 is 0 Å². The van der Waals surface area contributed by atoms with Crippen LogP contribution >= 0.6 is 0 Å². The van der Waals surface area contributed by atoms with E-state index in [2.05, 4.69) is 33.9 Å². The molecular weight excluding hydrogens is 348 g/mol. The van der Waals surface area contributed by atoms with Gasteiger partial charge in [0.1, 0.15) is 0 Å². The third-order valence-electron chi connectivity index (χ3n) is 6.08. The first-order valence-electron chi connectivity index (χ1n) is 9.70. The Kier molecular flexibility index (Phi) is 3.10. The molecule has 1 N–H and O–H groups in total. The third kappa shape index (κ3) is 2.00. The van der Waals surface area contributed by atoms with Gasteiger partial charge in [-0.25, -0.2) is 0 Å². The van der Waals surface area contributed by atoms with Crippen LogP contribution in [-0.2, 0) is 22.6 Å². The summed E-state index contributed by atoms with van der Waals surface area (Å²) < 4.78 is 2.25. The highest BCUT2D eigenvalue weighted by Crippen LogP contribution is 2.42. The van der Waals surface area contributed by atoms with Gasteiger partial charge in [-0.1, -0.05) is 36.4 Å². The molecule has 0 bridgehead atoms. The molecule has 0 spiro atoms. The zero-order chi connectivity index (χ0) is 18.8. The SMILES string of the molecule is O=C1CC(=O)C(c2cn3c4c(cccc24)CCC3)=C1c1c[nH]c2ccccc12. The van der Waals surface area contributed by atoms with Gasteiger partial charge in [0.05, 0.1) is 11.9 Å². The monoisotopic (exact) mass is 366 g/mol. The summed E-state index contributed by atoms with van der Waals surface area (Å²) in [5.74, 6) is -0.161. The number of benzene rings is 2. The van der Waals surface area contributed by atoms with E-state index in [1.165, 1.54) is 11.1 Å². The average Bonchev–Trinajstić information content (AvgIpc) is 3.37. The smallest absolute Gasteiger partial charge is 0.172 e. The molecule has 1 aliphatic heterocycles. The van der Waals surface area contributed by atoms with Crippen LogP contribution in [0.15, 0.2) is 54.9 Å². The van der Waals surface area contributed by atoms with Gasteiger partial charge in [-0.2, -0.15) is 0 Å². The Labute approximate surface area is 161 Å². The number of rotatable bonds is 2. The van der Waals surface area contributed by atoms with Gasteiger partial charge < -0.3 is 9.55 Å². The van der Waals surface area contributed by atoms with Crippen molar-refractivity contribution >= 4 is 44.5 Å². The Bertz CT molecular complexity index is 1350. The third-order valence-corrected chi connectivity index (χ3v) is 6.08. The van der Waals surface area contributed by atoms with Gasteiger partial charge in [0.2, 0.25) is 0 Å². The summed E-state index contributed by atoms with van der Waals surface area (Å²) >= 11 is 0. The maximum Gasteiger partial charge on any atom is 0.172 e. The van der Waals surface area contributed by atoms with E-state index >= 15 is 0 Å². The number of hydrogen-bond acceptors (Lipinski definition) is 2. The second-order valence-electron chi connectivity index (χ2n) is 7.67. The molecular formula is C24H18N2O2. The fraction of sp³-hybridized carbons (Fsp3) is 0.167. The number of H-pyrrole nitrogens is 1. The predicted molar refractivity (Wildman–Crippen MR) is 110 cm³/mol. The lowest BCUT2D eigenvalue weighted by atomic mass is 9.94. The van der Waals surface area contributed by atoms with Gasteiger partial charge >= 0.3 is 0 Å². The Hall–Kier alpha value is -3.40. The molecule has 0 unspecified atom stereocenters. The number of fused-ring (bicyclic) bond motifs is 1. The number of Topliss-reactive ketones (excluding diaryl/α,β-unsaturated/α-hetero) is 2. The van der Waals surface area contributed by atoms with E-state index in [1.807, 2.05) is 30.5 Å². The Morgan fingerprint density at radius 1 is 0.857 bits per heavy atom. The lowest BCUT2D eigenvalue weighted by Gasteiger charge is -2.14. The number of aromatic nitrogens is 2. The van der Waals surface area contributed by atoms with Crippen molar-refractivity contribution in [1.29, 1.82) is 0 Å². The number of nitrogens with one attached hydrogen (secondary N) is 1.